The highest BCUT2D eigenvalue weighted by atomic mass is 127. The van der Waals surface area contributed by atoms with Crippen molar-refractivity contribution < 1.29 is 29.1 Å². The number of aromatic hydroxyl groups is 1. The maximum atomic E-state index is 13.1. The summed E-state index contributed by atoms with van der Waals surface area (Å²) in [6, 6.07) is 8.57. The molecule has 0 unspecified atom stereocenters. The van der Waals surface area contributed by atoms with Gasteiger partial charge in [0.1, 0.15) is 23.9 Å². The van der Waals surface area contributed by atoms with Crippen LogP contribution in [0.2, 0.25) is 0 Å². The average molecular weight is 839 g/mol. The number of hydrogen-bond acceptors (Lipinski definition) is 8. The summed E-state index contributed by atoms with van der Waals surface area (Å²) < 4.78 is 1.26. The van der Waals surface area contributed by atoms with Gasteiger partial charge in [-0.1, -0.05) is 30.3 Å². The van der Waals surface area contributed by atoms with E-state index in [9.17, 15) is 29.1 Å². The van der Waals surface area contributed by atoms with Gasteiger partial charge in [0.25, 0.3) is 0 Å². The van der Waals surface area contributed by atoms with E-state index in [4.69, 9.17) is 11.5 Å². The van der Waals surface area contributed by atoms with E-state index in [1.165, 1.54) is 18.7 Å². The molecule has 0 spiro atoms. The van der Waals surface area contributed by atoms with Crippen LogP contribution in [0.25, 0.3) is 0 Å². The quantitative estimate of drug-likeness (QED) is 0.119. The van der Waals surface area contributed by atoms with E-state index in [1.807, 2.05) is 57.5 Å². The van der Waals surface area contributed by atoms with Gasteiger partial charge in [-0.15, -0.1) is 0 Å². The van der Waals surface area contributed by atoms with Gasteiger partial charge >= 0.3 is 0 Å². The van der Waals surface area contributed by atoms with Crippen molar-refractivity contribution in [3.63, 3.8) is 0 Å². The summed E-state index contributed by atoms with van der Waals surface area (Å²) in [4.78, 5) is 62.9. The van der Waals surface area contributed by atoms with E-state index in [0.29, 0.717) is 19.3 Å². The zero-order valence-corrected chi connectivity index (χ0v) is 28.8. The Hall–Kier alpha value is -2.64. The number of halogens is 2. The van der Waals surface area contributed by atoms with Crippen molar-refractivity contribution in [1.29, 1.82) is 0 Å². The molecule has 0 aromatic heterocycles. The van der Waals surface area contributed by atoms with Gasteiger partial charge in [-0.25, -0.2) is 0 Å². The van der Waals surface area contributed by atoms with Crippen LogP contribution in [-0.2, 0) is 36.8 Å². The van der Waals surface area contributed by atoms with Crippen LogP contribution in [0, 0.1) is 7.14 Å². The van der Waals surface area contributed by atoms with Crippen LogP contribution < -0.4 is 32.7 Å². The average Bonchev–Trinajstić information content (AvgIpc) is 2.96. The number of nitrogens with one attached hydrogen (secondary N) is 4. The van der Waals surface area contributed by atoms with Gasteiger partial charge in [0.05, 0.1) is 19.7 Å². The fourth-order valence-corrected chi connectivity index (χ4v) is 6.26. The normalized spacial score (nSPS) is 13.6. The van der Waals surface area contributed by atoms with Crippen molar-refractivity contribution in [2.75, 3.05) is 18.6 Å². The molecule has 0 saturated heterocycles. The van der Waals surface area contributed by atoms with Crippen LogP contribution in [0.3, 0.4) is 0 Å². The highest BCUT2D eigenvalue weighted by Gasteiger charge is 2.27. The lowest BCUT2D eigenvalue weighted by Gasteiger charge is -2.22. The molecule has 9 N–H and O–H groups in total. The molecule has 0 bridgehead atoms. The summed E-state index contributed by atoms with van der Waals surface area (Å²) in [5.74, 6) is -2.33. The molecule has 0 heterocycles. The van der Waals surface area contributed by atoms with Crippen molar-refractivity contribution in [1.82, 2.24) is 21.3 Å². The number of hydrogen-bond donors (Lipinski definition) is 7. The number of primary amides is 1. The Labute approximate surface area is 281 Å². The number of rotatable bonds is 16. The van der Waals surface area contributed by atoms with Crippen LogP contribution in [0.1, 0.15) is 24.5 Å². The SMILES string of the molecule is CSCC[C@H](NC(=O)[C@H](Cc1ccccc1)NC(=O)CNC(=O)[C@@H](C)NC(=O)[C@@H](N)Cc1cc(I)c(O)c(I)c1)C(N)=O. The summed E-state index contributed by atoms with van der Waals surface area (Å²) in [5, 5.41) is 20.1. The first-order valence-corrected chi connectivity index (χ1v) is 16.8. The summed E-state index contributed by atoms with van der Waals surface area (Å²) in [6.45, 7) is 0.994. The van der Waals surface area contributed by atoms with E-state index in [1.54, 1.807) is 36.4 Å². The third-order valence-electron chi connectivity index (χ3n) is 6.25. The second kappa shape index (κ2) is 18.2. The fourth-order valence-electron chi connectivity index (χ4n) is 3.89. The molecular weight excluding hydrogens is 802 g/mol. The monoisotopic (exact) mass is 838 g/mol. The maximum absolute atomic E-state index is 13.1. The molecule has 2 aromatic carbocycles. The lowest BCUT2D eigenvalue weighted by molar-refractivity contribution is -0.132. The lowest BCUT2D eigenvalue weighted by atomic mass is 10.0. The molecule has 2 aromatic rings. The van der Waals surface area contributed by atoms with Crippen LogP contribution in [0.15, 0.2) is 42.5 Å². The molecule has 0 aliphatic rings. The van der Waals surface area contributed by atoms with Crippen molar-refractivity contribution in [2.24, 2.45) is 11.5 Å². The number of thioether (sulfide) groups is 1. The summed E-state index contributed by atoms with van der Waals surface area (Å²) in [7, 11) is 0. The number of nitrogens with two attached hydrogens (primary N) is 2. The van der Waals surface area contributed by atoms with Crippen molar-refractivity contribution in [2.45, 2.75) is 50.4 Å². The lowest BCUT2D eigenvalue weighted by Crippen LogP contribution is -2.56. The molecule has 12 nitrogen and oxygen atoms in total. The Morgan fingerprint density at radius 2 is 1.51 bits per heavy atom. The van der Waals surface area contributed by atoms with Crippen molar-refractivity contribution in [3.05, 3.63) is 60.7 Å². The van der Waals surface area contributed by atoms with Gasteiger partial charge in [0.2, 0.25) is 29.5 Å². The molecule has 0 radical (unpaired) electrons. The molecule has 234 valence electrons. The first kappa shape index (κ1) is 36.6. The summed E-state index contributed by atoms with van der Waals surface area (Å²) in [5.41, 5.74) is 13.0. The van der Waals surface area contributed by atoms with E-state index in [2.05, 4.69) is 21.3 Å². The van der Waals surface area contributed by atoms with E-state index in [0.717, 1.165) is 11.1 Å². The predicted octanol–water partition coefficient (Wildman–Crippen LogP) is 0.543. The zero-order chi connectivity index (χ0) is 32.1. The van der Waals surface area contributed by atoms with E-state index >= 15 is 0 Å². The fraction of sp³-hybridized carbons (Fsp3) is 0.393. The highest BCUT2D eigenvalue weighted by Crippen LogP contribution is 2.27. The van der Waals surface area contributed by atoms with Crippen LogP contribution >= 0.6 is 56.9 Å². The second-order valence-corrected chi connectivity index (χ2v) is 13.0. The minimum Gasteiger partial charge on any atom is -0.506 e. The van der Waals surface area contributed by atoms with Gasteiger partial charge in [-0.2, -0.15) is 11.8 Å². The number of phenolic OH excluding ortho intramolecular Hbond substituents is 1. The largest absolute Gasteiger partial charge is 0.506 e. The Balaban J connectivity index is 1.95. The zero-order valence-electron chi connectivity index (χ0n) is 23.7. The third-order valence-corrected chi connectivity index (χ3v) is 8.54. The minimum atomic E-state index is -1.04. The van der Waals surface area contributed by atoms with Crippen LogP contribution in [-0.4, -0.2) is 77.4 Å². The van der Waals surface area contributed by atoms with Gasteiger partial charge in [-0.05, 0) is 100 Å². The number of phenols is 1. The van der Waals surface area contributed by atoms with E-state index in [-0.39, 0.29) is 18.6 Å². The number of carbonyl (C=O) groups is 5. The van der Waals surface area contributed by atoms with Crippen molar-refractivity contribution >= 4 is 86.5 Å². The highest BCUT2D eigenvalue weighted by molar-refractivity contribution is 14.1. The summed E-state index contributed by atoms with van der Waals surface area (Å²) in [6.07, 6.45) is 2.54. The first-order valence-electron chi connectivity index (χ1n) is 13.2. The smallest absolute Gasteiger partial charge is 0.243 e. The predicted molar refractivity (Wildman–Crippen MR) is 182 cm³/mol. The van der Waals surface area contributed by atoms with Gasteiger partial charge in [0.15, 0.2) is 0 Å². The Kier molecular flexibility index (Phi) is 15.5. The first-order chi connectivity index (χ1) is 20.3. The molecule has 43 heavy (non-hydrogen) atoms. The molecule has 0 saturated carbocycles. The van der Waals surface area contributed by atoms with Gasteiger partial charge < -0.3 is 37.8 Å². The molecule has 5 amide bonds. The van der Waals surface area contributed by atoms with Crippen LogP contribution in [0.4, 0.5) is 0 Å². The standard InChI is InChI=1S/C28H36I2N6O6S/c1-15(34-27(41)20(31)12-17-10-18(29)24(38)19(30)11-17)26(40)33-14-23(37)35-22(13-16-6-4-3-5-7-16)28(42)36-21(25(32)39)8-9-43-2/h3-7,10-11,15,20-22,38H,8-9,12-14,31H2,1-2H3,(H2,32,39)(H,33,40)(H,34,41)(H,35,37)(H,36,42)/t15-,20+,21+,22+/m1/s1. The third kappa shape index (κ3) is 12.5. The second-order valence-electron chi connectivity index (χ2n) is 9.72. The Morgan fingerprint density at radius 3 is 2.09 bits per heavy atom. The Morgan fingerprint density at radius 1 is 0.884 bits per heavy atom. The Bertz CT molecular complexity index is 1280. The molecule has 0 aliphatic heterocycles. The number of amides is 5. The van der Waals surface area contributed by atoms with Gasteiger partial charge in [0, 0.05) is 6.42 Å². The molecule has 15 heteroatoms. The molecular formula is C28H36I2N6O6S. The minimum absolute atomic E-state index is 0.143. The summed E-state index contributed by atoms with van der Waals surface area (Å²) >= 11 is 5.48. The molecule has 2 rings (SSSR count). The van der Waals surface area contributed by atoms with Crippen LogP contribution in [0.5, 0.6) is 5.75 Å². The molecule has 0 fully saturated rings. The number of benzene rings is 2. The maximum Gasteiger partial charge on any atom is 0.243 e. The topological polar surface area (TPSA) is 206 Å². The van der Waals surface area contributed by atoms with Crippen molar-refractivity contribution in [3.8, 4) is 5.75 Å². The van der Waals surface area contributed by atoms with E-state index < -0.39 is 60.2 Å². The molecule has 0 aliphatic carbocycles. The molecule has 4 atom stereocenters. The number of carbonyl (C=O) groups excluding carboxylic acids is 5. The van der Waals surface area contributed by atoms with Gasteiger partial charge in [-0.3, -0.25) is 24.0 Å².